The van der Waals surface area contributed by atoms with E-state index < -0.39 is 5.60 Å². The maximum Gasteiger partial charge on any atom is 0.254 e. The van der Waals surface area contributed by atoms with Crippen molar-refractivity contribution in [2.75, 3.05) is 13.1 Å². The monoisotopic (exact) mass is 303 g/mol. The number of amides is 1. The smallest absolute Gasteiger partial charge is 0.254 e. The summed E-state index contributed by atoms with van der Waals surface area (Å²) in [5.41, 5.74) is 0.00537. The molecule has 0 radical (unpaired) electrons. The Labute approximate surface area is 107 Å². The van der Waals surface area contributed by atoms with Crippen LogP contribution in [0, 0.1) is 5.92 Å². The molecule has 1 aromatic heterocycles. The Hall–Kier alpha value is -0.390. The number of hydrogen-bond donors (Lipinski definition) is 1. The van der Waals surface area contributed by atoms with Gasteiger partial charge < -0.3 is 10.0 Å². The lowest BCUT2D eigenvalue weighted by atomic mass is 9.83. The number of carbonyl (C=O) groups is 1. The van der Waals surface area contributed by atoms with Crippen LogP contribution in [0.5, 0.6) is 0 Å². The maximum atomic E-state index is 12.0. The summed E-state index contributed by atoms with van der Waals surface area (Å²) < 4.78 is 0.954. The third-order valence-corrected chi connectivity index (χ3v) is 4.61. The van der Waals surface area contributed by atoms with Gasteiger partial charge in [-0.3, -0.25) is 4.79 Å². The fourth-order valence-corrected chi connectivity index (χ4v) is 2.86. The first-order chi connectivity index (χ1) is 7.42. The van der Waals surface area contributed by atoms with Gasteiger partial charge in [0.1, 0.15) is 5.60 Å². The summed E-state index contributed by atoms with van der Waals surface area (Å²) in [6.45, 7) is 4.83. The van der Waals surface area contributed by atoms with E-state index in [1.54, 1.807) is 4.90 Å². The normalized spacial score (nSPS) is 18.7. The molecule has 0 aromatic carbocycles. The Bertz CT molecular complexity index is 410. The molecule has 88 valence electrons. The van der Waals surface area contributed by atoms with E-state index in [4.69, 9.17) is 0 Å². The van der Waals surface area contributed by atoms with E-state index >= 15 is 0 Å². The largest absolute Gasteiger partial charge is 0.386 e. The van der Waals surface area contributed by atoms with Crippen LogP contribution < -0.4 is 0 Å². The number of likely N-dealkylation sites (tertiary alicyclic amines) is 1. The van der Waals surface area contributed by atoms with Crippen molar-refractivity contribution in [2.45, 2.75) is 19.4 Å². The molecule has 2 rings (SSSR count). The molecule has 1 aliphatic rings. The zero-order chi connectivity index (χ0) is 11.9. The van der Waals surface area contributed by atoms with Crippen LogP contribution in [-0.4, -0.2) is 34.6 Å². The van der Waals surface area contributed by atoms with Gasteiger partial charge in [0.05, 0.1) is 22.4 Å². The van der Waals surface area contributed by atoms with Gasteiger partial charge in [-0.2, -0.15) is 0 Å². The SMILES string of the molecule is CC(C)C1(O)CN(C(=O)c2csc(Br)c2)C1. The minimum absolute atomic E-state index is 0.00674. The van der Waals surface area contributed by atoms with Crippen molar-refractivity contribution < 1.29 is 9.90 Å². The lowest BCUT2D eigenvalue weighted by molar-refractivity contribution is -0.110. The second-order valence-electron chi connectivity index (χ2n) is 4.56. The molecule has 0 atom stereocenters. The average molecular weight is 304 g/mol. The van der Waals surface area contributed by atoms with E-state index in [1.807, 2.05) is 25.3 Å². The predicted octanol–water partition coefficient (Wildman–Crippen LogP) is 2.35. The summed E-state index contributed by atoms with van der Waals surface area (Å²) in [4.78, 5) is 13.6. The molecule has 1 aromatic rings. The molecule has 1 amide bonds. The van der Waals surface area contributed by atoms with Crippen molar-refractivity contribution in [1.82, 2.24) is 4.90 Å². The quantitative estimate of drug-likeness (QED) is 0.911. The number of aliphatic hydroxyl groups is 1. The molecule has 5 heteroatoms. The highest BCUT2D eigenvalue weighted by molar-refractivity contribution is 9.11. The number of nitrogens with zero attached hydrogens (tertiary/aromatic N) is 1. The topological polar surface area (TPSA) is 40.5 Å². The Morgan fingerprint density at radius 2 is 2.25 bits per heavy atom. The van der Waals surface area contributed by atoms with Gasteiger partial charge in [-0.15, -0.1) is 11.3 Å². The maximum absolute atomic E-state index is 12.0. The molecule has 0 saturated carbocycles. The minimum Gasteiger partial charge on any atom is -0.386 e. The summed E-state index contributed by atoms with van der Waals surface area (Å²) in [6.07, 6.45) is 0. The highest BCUT2D eigenvalue weighted by atomic mass is 79.9. The highest BCUT2D eigenvalue weighted by Gasteiger charge is 2.45. The fraction of sp³-hybridized carbons (Fsp3) is 0.545. The standard InChI is InChI=1S/C11H14BrNO2S/c1-7(2)11(15)5-13(6-11)10(14)8-3-9(12)16-4-8/h3-4,7,15H,5-6H2,1-2H3. The molecule has 2 heterocycles. The van der Waals surface area contributed by atoms with Crippen LogP contribution in [0.25, 0.3) is 0 Å². The summed E-state index contributed by atoms with van der Waals surface area (Å²) in [7, 11) is 0. The van der Waals surface area contributed by atoms with Gasteiger partial charge in [-0.25, -0.2) is 0 Å². The van der Waals surface area contributed by atoms with E-state index in [-0.39, 0.29) is 11.8 Å². The van der Waals surface area contributed by atoms with E-state index in [1.165, 1.54) is 11.3 Å². The van der Waals surface area contributed by atoms with Crippen molar-refractivity contribution >= 4 is 33.2 Å². The van der Waals surface area contributed by atoms with Gasteiger partial charge in [0.2, 0.25) is 0 Å². The van der Waals surface area contributed by atoms with Gasteiger partial charge in [0.15, 0.2) is 0 Å². The molecule has 0 unspecified atom stereocenters. The van der Waals surface area contributed by atoms with E-state index in [0.29, 0.717) is 18.7 Å². The van der Waals surface area contributed by atoms with Crippen LogP contribution in [0.4, 0.5) is 0 Å². The molecule has 0 spiro atoms. The Morgan fingerprint density at radius 1 is 1.62 bits per heavy atom. The number of rotatable bonds is 2. The van der Waals surface area contributed by atoms with E-state index in [9.17, 15) is 9.90 Å². The van der Waals surface area contributed by atoms with Gasteiger partial charge in [-0.05, 0) is 27.9 Å². The fourth-order valence-electron chi connectivity index (χ4n) is 1.73. The highest BCUT2D eigenvalue weighted by Crippen LogP contribution is 2.31. The number of hydrogen-bond acceptors (Lipinski definition) is 3. The predicted molar refractivity (Wildman–Crippen MR) is 67.7 cm³/mol. The third-order valence-electron chi connectivity index (χ3n) is 3.11. The molecule has 0 bridgehead atoms. The van der Waals surface area contributed by atoms with Gasteiger partial charge in [0.25, 0.3) is 5.91 Å². The molecule has 3 nitrogen and oxygen atoms in total. The second-order valence-corrected chi connectivity index (χ2v) is 6.85. The molecular weight excluding hydrogens is 290 g/mol. The van der Waals surface area contributed by atoms with Crippen LogP contribution in [-0.2, 0) is 0 Å². The van der Waals surface area contributed by atoms with Crippen molar-refractivity contribution in [1.29, 1.82) is 0 Å². The van der Waals surface area contributed by atoms with Crippen molar-refractivity contribution in [3.8, 4) is 0 Å². The van der Waals surface area contributed by atoms with Crippen LogP contribution in [0.1, 0.15) is 24.2 Å². The lowest BCUT2D eigenvalue weighted by Gasteiger charge is -2.48. The van der Waals surface area contributed by atoms with Crippen LogP contribution >= 0.6 is 27.3 Å². The van der Waals surface area contributed by atoms with Crippen LogP contribution in [0.3, 0.4) is 0 Å². The third kappa shape index (κ3) is 2.04. The first-order valence-corrected chi connectivity index (χ1v) is 6.85. The van der Waals surface area contributed by atoms with E-state index in [0.717, 1.165) is 3.79 Å². The number of thiophene rings is 1. The molecular formula is C11H14BrNO2S. The van der Waals surface area contributed by atoms with Crippen LogP contribution in [0.2, 0.25) is 0 Å². The Balaban J connectivity index is 2.00. The first kappa shape index (κ1) is 12.1. The molecule has 1 aliphatic heterocycles. The molecule has 1 fully saturated rings. The zero-order valence-electron chi connectivity index (χ0n) is 9.24. The van der Waals surface area contributed by atoms with Crippen molar-refractivity contribution in [3.63, 3.8) is 0 Å². The second kappa shape index (κ2) is 4.13. The molecule has 0 aliphatic carbocycles. The van der Waals surface area contributed by atoms with Gasteiger partial charge in [-0.1, -0.05) is 13.8 Å². The number of halogens is 1. The van der Waals surface area contributed by atoms with Crippen LogP contribution in [0.15, 0.2) is 15.2 Å². The van der Waals surface area contributed by atoms with Gasteiger partial charge in [0, 0.05) is 5.38 Å². The molecule has 16 heavy (non-hydrogen) atoms. The Kier molecular flexibility index (Phi) is 3.11. The number of β-amino-alcohol motifs (C(OH)–C–C–N with tert-alkyl or cyclic N) is 1. The van der Waals surface area contributed by atoms with Crippen molar-refractivity contribution in [3.05, 3.63) is 20.8 Å². The summed E-state index contributed by atoms with van der Waals surface area (Å²) in [5, 5.41) is 11.9. The molecule has 1 saturated heterocycles. The summed E-state index contributed by atoms with van der Waals surface area (Å²) >= 11 is 4.83. The Morgan fingerprint density at radius 3 is 2.69 bits per heavy atom. The zero-order valence-corrected chi connectivity index (χ0v) is 11.6. The summed E-state index contributed by atoms with van der Waals surface area (Å²) in [6, 6.07) is 1.82. The van der Waals surface area contributed by atoms with E-state index in [2.05, 4.69) is 15.9 Å². The lowest BCUT2D eigenvalue weighted by Crippen LogP contribution is -2.65. The number of carbonyl (C=O) groups excluding carboxylic acids is 1. The average Bonchev–Trinajstić information content (AvgIpc) is 2.58. The minimum atomic E-state index is -0.692. The molecule has 1 N–H and O–H groups in total. The van der Waals surface area contributed by atoms with Gasteiger partial charge >= 0.3 is 0 Å². The summed E-state index contributed by atoms with van der Waals surface area (Å²) in [5.74, 6) is 0.193. The first-order valence-electron chi connectivity index (χ1n) is 5.18. The van der Waals surface area contributed by atoms with Crippen molar-refractivity contribution in [2.24, 2.45) is 5.92 Å².